The summed E-state index contributed by atoms with van der Waals surface area (Å²) in [5.41, 5.74) is 6.56. The van der Waals surface area contributed by atoms with Crippen molar-refractivity contribution < 1.29 is 38.1 Å². The van der Waals surface area contributed by atoms with Crippen LogP contribution in [0.3, 0.4) is 0 Å². The molecule has 0 bridgehead atoms. The number of nitrogens with two attached hydrogens (primary N) is 1. The number of benzene rings is 1. The van der Waals surface area contributed by atoms with Crippen molar-refractivity contribution in [1.29, 1.82) is 0 Å². The van der Waals surface area contributed by atoms with Crippen molar-refractivity contribution in [2.75, 3.05) is 6.61 Å². The SMILES string of the molecule is CCCCCC(=O)OC[C@H](C)OC(=O)[C@@H](N)Cc1ccc(OC(=O)CC)c(OC(=O)CC)c1. The molecule has 1 aromatic rings. The van der Waals surface area contributed by atoms with Crippen LogP contribution in [-0.2, 0) is 35.1 Å². The van der Waals surface area contributed by atoms with E-state index in [0.717, 1.165) is 19.3 Å². The summed E-state index contributed by atoms with van der Waals surface area (Å²) < 4.78 is 20.8. The number of ether oxygens (including phenoxy) is 4. The Labute approximate surface area is 194 Å². The molecule has 0 heterocycles. The maximum Gasteiger partial charge on any atom is 0.323 e. The van der Waals surface area contributed by atoms with Crippen molar-refractivity contribution in [3.8, 4) is 11.5 Å². The number of carbonyl (C=O) groups is 4. The van der Waals surface area contributed by atoms with Crippen LogP contribution in [0.25, 0.3) is 0 Å². The van der Waals surface area contributed by atoms with Crippen molar-refractivity contribution in [2.45, 2.75) is 84.8 Å². The fourth-order valence-electron chi connectivity index (χ4n) is 2.69. The number of rotatable bonds is 14. The van der Waals surface area contributed by atoms with E-state index >= 15 is 0 Å². The molecule has 0 radical (unpaired) electrons. The summed E-state index contributed by atoms with van der Waals surface area (Å²) in [6.45, 7) is 6.90. The minimum absolute atomic E-state index is 0.0436. The number of esters is 4. The molecule has 184 valence electrons. The number of carbonyl (C=O) groups excluding carboxylic acids is 4. The molecule has 0 saturated carbocycles. The van der Waals surface area contributed by atoms with E-state index < -0.39 is 30.1 Å². The molecule has 0 fully saturated rings. The van der Waals surface area contributed by atoms with Crippen molar-refractivity contribution in [3.63, 3.8) is 0 Å². The third-order valence-corrected chi connectivity index (χ3v) is 4.57. The molecule has 33 heavy (non-hydrogen) atoms. The average Bonchev–Trinajstić information content (AvgIpc) is 2.79. The molecule has 0 aliphatic heterocycles. The van der Waals surface area contributed by atoms with E-state index in [1.807, 2.05) is 6.92 Å². The van der Waals surface area contributed by atoms with Crippen molar-refractivity contribution in [2.24, 2.45) is 5.73 Å². The number of hydrogen-bond acceptors (Lipinski definition) is 9. The summed E-state index contributed by atoms with van der Waals surface area (Å²) in [7, 11) is 0. The smallest absolute Gasteiger partial charge is 0.323 e. The zero-order chi connectivity index (χ0) is 24.8. The molecule has 0 aromatic heterocycles. The summed E-state index contributed by atoms with van der Waals surface area (Å²) >= 11 is 0. The zero-order valence-electron chi connectivity index (χ0n) is 19.9. The Morgan fingerprint density at radius 2 is 1.55 bits per heavy atom. The van der Waals surface area contributed by atoms with E-state index in [9.17, 15) is 19.2 Å². The van der Waals surface area contributed by atoms with Gasteiger partial charge in [0, 0.05) is 19.3 Å². The first kappa shape index (κ1) is 28.1. The first-order valence-electron chi connectivity index (χ1n) is 11.4. The second-order valence-corrected chi connectivity index (χ2v) is 7.63. The molecule has 1 rings (SSSR count). The van der Waals surface area contributed by atoms with Crippen LogP contribution in [0.1, 0.15) is 71.8 Å². The van der Waals surface area contributed by atoms with Crippen LogP contribution in [0.15, 0.2) is 18.2 Å². The van der Waals surface area contributed by atoms with Gasteiger partial charge in [-0.3, -0.25) is 19.2 Å². The lowest BCUT2D eigenvalue weighted by atomic mass is 10.1. The van der Waals surface area contributed by atoms with Crippen molar-refractivity contribution >= 4 is 23.9 Å². The van der Waals surface area contributed by atoms with Gasteiger partial charge in [0.15, 0.2) is 11.5 Å². The molecule has 0 aliphatic carbocycles. The van der Waals surface area contributed by atoms with Gasteiger partial charge in [0.25, 0.3) is 0 Å². The molecule has 0 aliphatic rings. The molecule has 0 spiro atoms. The van der Waals surface area contributed by atoms with E-state index in [-0.39, 0.29) is 43.3 Å². The van der Waals surface area contributed by atoms with E-state index in [2.05, 4.69) is 0 Å². The third-order valence-electron chi connectivity index (χ3n) is 4.57. The molecule has 0 saturated heterocycles. The molecule has 9 heteroatoms. The lowest BCUT2D eigenvalue weighted by molar-refractivity contribution is -0.159. The lowest BCUT2D eigenvalue weighted by Gasteiger charge is -2.17. The van der Waals surface area contributed by atoms with Gasteiger partial charge in [-0.25, -0.2) is 0 Å². The minimum atomic E-state index is -0.994. The molecule has 9 nitrogen and oxygen atoms in total. The zero-order valence-corrected chi connectivity index (χ0v) is 19.9. The Balaban J connectivity index is 2.68. The highest BCUT2D eigenvalue weighted by atomic mass is 16.6. The monoisotopic (exact) mass is 465 g/mol. The quantitative estimate of drug-likeness (QED) is 0.250. The summed E-state index contributed by atoms with van der Waals surface area (Å²) in [6.07, 6.45) is 2.81. The molecule has 0 unspecified atom stereocenters. The van der Waals surface area contributed by atoms with Crippen molar-refractivity contribution in [1.82, 2.24) is 0 Å². The molecule has 2 N–H and O–H groups in total. The maximum atomic E-state index is 12.3. The van der Waals surface area contributed by atoms with Crippen LogP contribution < -0.4 is 15.2 Å². The van der Waals surface area contributed by atoms with Gasteiger partial charge in [-0.1, -0.05) is 39.7 Å². The van der Waals surface area contributed by atoms with Gasteiger partial charge in [-0.05, 0) is 37.5 Å². The normalized spacial score (nSPS) is 12.4. The van der Waals surface area contributed by atoms with Gasteiger partial charge in [0.05, 0.1) is 0 Å². The average molecular weight is 466 g/mol. The Morgan fingerprint density at radius 3 is 2.15 bits per heavy atom. The fourth-order valence-corrected chi connectivity index (χ4v) is 2.69. The molecule has 1 aromatic carbocycles. The van der Waals surface area contributed by atoms with Gasteiger partial charge in [0.2, 0.25) is 0 Å². The lowest BCUT2D eigenvalue weighted by Crippen LogP contribution is -2.37. The van der Waals surface area contributed by atoms with Crippen LogP contribution in [0.4, 0.5) is 0 Å². The Bertz CT molecular complexity index is 808. The number of unbranched alkanes of at least 4 members (excludes halogenated alkanes) is 2. The van der Waals surface area contributed by atoms with Gasteiger partial charge in [-0.2, -0.15) is 0 Å². The van der Waals surface area contributed by atoms with Crippen LogP contribution in [0.5, 0.6) is 11.5 Å². The van der Waals surface area contributed by atoms with Gasteiger partial charge < -0.3 is 24.7 Å². The summed E-state index contributed by atoms with van der Waals surface area (Å²) in [4.78, 5) is 47.4. The maximum absolute atomic E-state index is 12.3. The highest BCUT2D eigenvalue weighted by Gasteiger charge is 2.21. The van der Waals surface area contributed by atoms with Gasteiger partial charge in [0.1, 0.15) is 18.8 Å². The molecular weight excluding hydrogens is 430 g/mol. The standard InChI is InChI=1S/C24H35NO8/c1-5-8-9-10-23(28)30-15-16(4)31-24(29)18(25)13-17-11-12-19(32-21(26)6-2)20(14-17)33-22(27)7-3/h11-12,14,16,18H,5-10,13,15,25H2,1-4H3/t16-,18-/m0/s1. The van der Waals surface area contributed by atoms with Crippen LogP contribution >= 0.6 is 0 Å². The predicted molar refractivity (Wildman–Crippen MR) is 121 cm³/mol. The Morgan fingerprint density at radius 1 is 0.909 bits per heavy atom. The van der Waals surface area contributed by atoms with E-state index in [1.165, 1.54) is 12.1 Å². The molecule has 0 amide bonds. The largest absolute Gasteiger partial charge is 0.462 e. The fraction of sp³-hybridized carbons (Fsp3) is 0.583. The highest BCUT2D eigenvalue weighted by molar-refractivity contribution is 5.77. The van der Waals surface area contributed by atoms with E-state index in [4.69, 9.17) is 24.7 Å². The number of hydrogen-bond donors (Lipinski definition) is 1. The third kappa shape index (κ3) is 11.0. The summed E-state index contributed by atoms with van der Waals surface area (Å²) in [5.74, 6) is -1.77. The predicted octanol–water partition coefficient (Wildman–Crippen LogP) is 3.24. The van der Waals surface area contributed by atoms with Crippen LogP contribution in [0.2, 0.25) is 0 Å². The Kier molecular flexibility index (Phi) is 12.8. The second-order valence-electron chi connectivity index (χ2n) is 7.63. The van der Waals surface area contributed by atoms with Crippen molar-refractivity contribution in [3.05, 3.63) is 23.8 Å². The minimum Gasteiger partial charge on any atom is -0.462 e. The molecule has 2 atom stereocenters. The summed E-state index contributed by atoms with van der Waals surface area (Å²) in [6, 6.07) is 3.61. The molecular formula is C24H35NO8. The van der Waals surface area contributed by atoms with Crippen LogP contribution in [0, 0.1) is 0 Å². The van der Waals surface area contributed by atoms with E-state index in [0.29, 0.717) is 12.0 Å². The topological polar surface area (TPSA) is 131 Å². The second kappa shape index (κ2) is 15.0. The highest BCUT2D eigenvalue weighted by Crippen LogP contribution is 2.30. The van der Waals surface area contributed by atoms with Gasteiger partial charge in [-0.15, -0.1) is 0 Å². The van der Waals surface area contributed by atoms with E-state index in [1.54, 1.807) is 26.8 Å². The first-order chi connectivity index (χ1) is 15.7. The van der Waals surface area contributed by atoms with Gasteiger partial charge >= 0.3 is 23.9 Å². The van der Waals surface area contributed by atoms with Crippen LogP contribution in [-0.4, -0.2) is 42.6 Å². The first-order valence-corrected chi connectivity index (χ1v) is 11.4. The summed E-state index contributed by atoms with van der Waals surface area (Å²) in [5, 5.41) is 0. The Hall–Kier alpha value is -2.94.